The Morgan fingerprint density at radius 3 is 2.46 bits per heavy atom. The molecular weight excluding hydrogens is 323 g/mol. The Kier molecular flexibility index (Phi) is 5.02. The van der Waals surface area contributed by atoms with Gasteiger partial charge >= 0.3 is 6.18 Å². The molecule has 2 aromatic rings. The summed E-state index contributed by atoms with van der Waals surface area (Å²) in [6.07, 6.45) is -4.21. The number of hydrogen-bond donors (Lipinski definition) is 3. The number of alkyl halides is 3. The Bertz CT molecular complexity index is 744. The summed E-state index contributed by atoms with van der Waals surface area (Å²) in [5.74, 6) is -1.54. The number of carbonyl (C=O) groups excluding carboxylic acids is 1. The molecule has 0 saturated carbocycles. The minimum atomic E-state index is -4.48. The first kappa shape index (κ1) is 17.7. The highest BCUT2D eigenvalue weighted by atomic mass is 19.4. The van der Waals surface area contributed by atoms with Crippen molar-refractivity contribution in [2.24, 2.45) is 5.92 Å². The second-order valence-electron chi connectivity index (χ2n) is 5.50. The highest BCUT2D eigenvalue weighted by Gasteiger charge is 2.30. The zero-order valence-electron chi connectivity index (χ0n) is 12.8. The fourth-order valence-corrected chi connectivity index (χ4v) is 2.18. The number of halogens is 3. The van der Waals surface area contributed by atoms with Gasteiger partial charge < -0.3 is 15.5 Å². The lowest BCUT2D eigenvalue weighted by Crippen LogP contribution is -2.22. The van der Waals surface area contributed by atoms with Crippen LogP contribution in [-0.4, -0.2) is 16.1 Å². The van der Waals surface area contributed by atoms with Crippen molar-refractivity contribution in [3.05, 3.63) is 53.6 Å². The molecule has 1 atom stereocenters. The molecule has 4 nitrogen and oxygen atoms in total. The Hall–Kier alpha value is -2.70. The van der Waals surface area contributed by atoms with Gasteiger partial charge in [-0.2, -0.15) is 13.2 Å². The topological polar surface area (TPSA) is 69.6 Å². The van der Waals surface area contributed by atoms with Crippen LogP contribution in [0.15, 0.2) is 42.5 Å². The molecule has 2 rings (SSSR count). The second kappa shape index (κ2) is 6.82. The van der Waals surface area contributed by atoms with Crippen LogP contribution in [0.5, 0.6) is 11.5 Å². The van der Waals surface area contributed by atoms with Crippen molar-refractivity contribution in [1.82, 2.24) is 0 Å². The molecular formula is C17H16F3NO3. The Labute approximate surface area is 136 Å². The van der Waals surface area contributed by atoms with Gasteiger partial charge in [-0.05, 0) is 42.3 Å². The van der Waals surface area contributed by atoms with Crippen LogP contribution in [0.25, 0.3) is 0 Å². The maximum Gasteiger partial charge on any atom is 0.416 e. The lowest BCUT2D eigenvalue weighted by molar-refractivity contribution is -0.137. The minimum Gasteiger partial charge on any atom is -0.504 e. The first-order valence-electron chi connectivity index (χ1n) is 7.16. The average Bonchev–Trinajstić information content (AvgIpc) is 2.50. The van der Waals surface area contributed by atoms with Crippen LogP contribution < -0.4 is 5.32 Å². The number of phenolic OH excluding ortho intramolecular Hbond substituents is 2. The maximum absolute atomic E-state index is 12.7. The van der Waals surface area contributed by atoms with Crippen LogP contribution in [0.3, 0.4) is 0 Å². The summed E-state index contributed by atoms with van der Waals surface area (Å²) in [4.78, 5) is 12.1. The fourth-order valence-electron chi connectivity index (χ4n) is 2.18. The smallest absolute Gasteiger partial charge is 0.416 e. The van der Waals surface area contributed by atoms with Crippen molar-refractivity contribution in [1.29, 1.82) is 0 Å². The van der Waals surface area contributed by atoms with E-state index in [0.717, 1.165) is 12.1 Å². The molecule has 128 valence electrons. The van der Waals surface area contributed by atoms with E-state index in [4.69, 9.17) is 0 Å². The number of carbonyl (C=O) groups is 1. The van der Waals surface area contributed by atoms with Crippen molar-refractivity contribution in [2.75, 3.05) is 5.32 Å². The van der Waals surface area contributed by atoms with Gasteiger partial charge in [0.2, 0.25) is 5.91 Å². The molecule has 0 radical (unpaired) electrons. The third kappa shape index (κ3) is 4.41. The summed E-state index contributed by atoms with van der Waals surface area (Å²) in [7, 11) is 0. The van der Waals surface area contributed by atoms with Gasteiger partial charge in [0.1, 0.15) is 0 Å². The quantitative estimate of drug-likeness (QED) is 0.739. The van der Waals surface area contributed by atoms with Crippen molar-refractivity contribution >= 4 is 11.6 Å². The molecule has 7 heteroatoms. The third-order valence-electron chi connectivity index (χ3n) is 3.49. The van der Waals surface area contributed by atoms with Crippen molar-refractivity contribution in [2.45, 2.75) is 19.5 Å². The van der Waals surface area contributed by atoms with E-state index >= 15 is 0 Å². The fraction of sp³-hybridized carbons (Fsp3) is 0.235. The Morgan fingerprint density at radius 2 is 1.83 bits per heavy atom. The minimum absolute atomic E-state index is 0.0650. The molecule has 0 aliphatic heterocycles. The Morgan fingerprint density at radius 1 is 1.12 bits per heavy atom. The largest absolute Gasteiger partial charge is 0.504 e. The van der Waals surface area contributed by atoms with Crippen molar-refractivity contribution < 1.29 is 28.2 Å². The molecule has 0 aliphatic carbocycles. The molecule has 0 fully saturated rings. The number of anilines is 1. The average molecular weight is 339 g/mol. The molecule has 0 spiro atoms. The van der Waals surface area contributed by atoms with Crippen LogP contribution in [0.2, 0.25) is 0 Å². The van der Waals surface area contributed by atoms with E-state index in [-0.39, 0.29) is 23.6 Å². The number of rotatable bonds is 4. The van der Waals surface area contributed by atoms with Crippen molar-refractivity contribution in [3.8, 4) is 11.5 Å². The predicted molar refractivity (Wildman–Crippen MR) is 82.7 cm³/mol. The Balaban J connectivity index is 2.05. The molecule has 1 amide bonds. The summed E-state index contributed by atoms with van der Waals surface area (Å²) < 4.78 is 38.0. The number of nitrogens with one attached hydrogen (secondary N) is 1. The number of amides is 1. The van der Waals surface area contributed by atoms with Crippen molar-refractivity contribution in [3.63, 3.8) is 0 Å². The molecule has 0 aliphatic rings. The number of aromatic hydroxyl groups is 2. The van der Waals surface area contributed by atoms with Gasteiger partial charge in [0, 0.05) is 11.6 Å². The van der Waals surface area contributed by atoms with Crippen LogP contribution in [0.4, 0.5) is 18.9 Å². The highest BCUT2D eigenvalue weighted by Crippen LogP contribution is 2.31. The molecule has 0 bridgehead atoms. The van der Waals surface area contributed by atoms with Gasteiger partial charge in [-0.3, -0.25) is 4.79 Å². The van der Waals surface area contributed by atoms with Gasteiger partial charge in [0.05, 0.1) is 5.56 Å². The van der Waals surface area contributed by atoms with Gasteiger partial charge in [0.15, 0.2) is 11.5 Å². The van der Waals surface area contributed by atoms with E-state index in [1.807, 2.05) is 0 Å². The molecule has 3 N–H and O–H groups in total. The second-order valence-corrected chi connectivity index (χ2v) is 5.50. The zero-order valence-corrected chi connectivity index (χ0v) is 12.8. The summed E-state index contributed by atoms with van der Waals surface area (Å²) in [5.41, 5.74) is -0.149. The summed E-state index contributed by atoms with van der Waals surface area (Å²) in [6.45, 7) is 1.62. The monoisotopic (exact) mass is 339 g/mol. The first-order valence-corrected chi connectivity index (χ1v) is 7.16. The number of hydrogen-bond acceptors (Lipinski definition) is 3. The lowest BCUT2D eigenvalue weighted by atomic mass is 10.00. The van der Waals surface area contributed by atoms with E-state index in [1.54, 1.807) is 13.0 Å². The van der Waals surface area contributed by atoms with Crippen LogP contribution in [0, 0.1) is 5.92 Å². The van der Waals surface area contributed by atoms with Crippen LogP contribution in [-0.2, 0) is 17.4 Å². The molecule has 1 unspecified atom stereocenters. The molecule has 0 heterocycles. The van der Waals surface area contributed by atoms with E-state index in [0.29, 0.717) is 5.56 Å². The molecule has 2 aromatic carbocycles. The van der Waals surface area contributed by atoms with Crippen LogP contribution in [0.1, 0.15) is 18.1 Å². The lowest BCUT2D eigenvalue weighted by Gasteiger charge is -2.14. The molecule has 0 aromatic heterocycles. The first-order chi connectivity index (χ1) is 11.2. The van der Waals surface area contributed by atoms with Gasteiger partial charge in [-0.15, -0.1) is 0 Å². The third-order valence-corrected chi connectivity index (χ3v) is 3.49. The summed E-state index contributed by atoms with van der Waals surface area (Å²) in [5, 5.41) is 21.1. The summed E-state index contributed by atoms with van der Waals surface area (Å²) >= 11 is 0. The standard InChI is InChI=1S/C17H16F3NO3/c1-10(7-11-5-6-14(22)15(23)8-11)16(24)21-13-4-2-3-12(9-13)17(18,19)20/h2-6,8-10,22-23H,7H2,1H3,(H,21,24). The number of phenols is 2. The predicted octanol–water partition coefficient (Wildman–Crippen LogP) is 3.93. The van der Waals surface area contributed by atoms with Crippen LogP contribution >= 0.6 is 0 Å². The SMILES string of the molecule is CC(Cc1ccc(O)c(O)c1)C(=O)Nc1cccc(C(F)(F)F)c1. The highest BCUT2D eigenvalue weighted by molar-refractivity contribution is 5.92. The molecule has 24 heavy (non-hydrogen) atoms. The van der Waals surface area contributed by atoms with Gasteiger partial charge in [-0.1, -0.05) is 19.1 Å². The van der Waals surface area contributed by atoms with E-state index in [9.17, 15) is 28.2 Å². The zero-order chi connectivity index (χ0) is 17.9. The van der Waals surface area contributed by atoms with Gasteiger partial charge in [-0.25, -0.2) is 0 Å². The number of benzene rings is 2. The summed E-state index contributed by atoms with van der Waals surface area (Å²) in [6, 6.07) is 8.61. The maximum atomic E-state index is 12.7. The van der Waals surface area contributed by atoms with E-state index in [2.05, 4.69) is 5.32 Å². The van der Waals surface area contributed by atoms with Gasteiger partial charge in [0.25, 0.3) is 0 Å². The normalized spacial score (nSPS) is 12.7. The van der Waals surface area contributed by atoms with E-state index < -0.39 is 23.6 Å². The van der Waals surface area contributed by atoms with E-state index in [1.165, 1.54) is 24.3 Å². The molecule has 0 saturated heterocycles.